The number of amides is 2. The van der Waals surface area contributed by atoms with Gasteiger partial charge in [-0.2, -0.15) is 0 Å². The summed E-state index contributed by atoms with van der Waals surface area (Å²) in [7, 11) is 0. The van der Waals surface area contributed by atoms with Gasteiger partial charge in [-0.3, -0.25) is 0 Å². The Bertz CT molecular complexity index is 883. The van der Waals surface area contributed by atoms with Crippen LogP contribution in [-0.4, -0.2) is 12.6 Å². The molecule has 3 aromatic rings. The number of nitrogens with one attached hydrogen (secondary N) is 2. The van der Waals surface area contributed by atoms with Crippen molar-refractivity contribution in [3.63, 3.8) is 0 Å². The summed E-state index contributed by atoms with van der Waals surface area (Å²) >= 11 is 0. The lowest BCUT2D eigenvalue weighted by atomic mass is 9.88. The van der Waals surface area contributed by atoms with Crippen LogP contribution in [0.2, 0.25) is 0 Å². The largest absolute Gasteiger partial charge is 0.338 e. The Morgan fingerprint density at radius 2 is 1.53 bits per heavy atom. The van der Waals surface area contributed by atoms with Gasteiger partial charge in [0.2, 0.25) is 0 Å². The minimum atomic E-state index is -0.153. The molecule has 0 spiro atoms. The summed E-state index contributed by atoms with van der Waals surface area (Å²) in [4.78, 5) is 12.5. The van der Waals surface area contributed by atoms with E-state index in [4.69, 9.17) is 0 Å². The van der Waals surface area contributed by atoms with Crippen molar-refractivity contribution in [1.82, 2.24) is 5.32 Å². The number of aryl methyl sites for hydroxylation is 2. The molecule has 3 heteroatoms. The first-order chi connectivity index (χ1) is 14.7. The maximum absolute atomic E-state index is 12.5. The number of rotatable bonds is 9. The van der Waals surface area contributed by atoms with Gasteiger partial charge in [0, 0.05) is 18.2 Å². The van der Waals surface area contributed by atoms with Crippen molar-refractivity contribution < 1.29 is 4.79 Å². The van der Waals surface area contributed by atoms with Gasteiger partial charge in [-0.1, -0.05) is 86.1 Å². The van der Waals surface area contributed by atoms with Gasteiger partial charge in [0.05, 0.1) is 0 Å². The highest BCUT2D eigenvalue weighted by Gasteiger charge is 2.14. The highest BCUT2D eigenvalue weighted by molar-refractivity contribution is 5.90. The lowest BCUT2D eigenvalue weighted by Gasteiger charge is -2.19. The summed E-state index contributed by atoms with van der Waals surface area (Å²) in [6.45, 7) is 4.85. The average molecular weight is 401 g/mol. The monoisotopic (exact) mass is 400 g/mol. The summed E-state index contributed by atoms with van der Waals surface area (Å²) < 4.78 is 0. The third-order valence-electron chi connectivity index (χ3n) is 5.48. The molecule has 0 aromatic heterocycles. The van der Waals surface area contributed by atoms with E-state index in [2.05, 4.69) is 78.2 Å². The molecule has 3 rings (SSSR count). The van der Waals surface area contributed by atoms with E-state index >= 15 is 0 Å². The quantitative estimate of drug-likeness (QED) is 0.413. The van der Waals surface area contributed by atoms with Crippen LogP contribution >= 0.6 is 0 Å². The molecule has 0 unspecified atom stereocenters. The van der Waals surface area contributed by atoms with Gasteiger partial charge in [0.1, 0.15) is 0 Å². The second-order valence-electron chi connectivity index (χ2n) is 7.80. The lowest BCUT2D eigenvalue weighted by molar-refractivity contribution is 0.252. The zero-order valence-corrected chi connectivity index (χ0v) is 18.0. The Morgan fingerprint density at radius 1 is 0.900 bits per heavy atom. The van der Waals surface area contributed by atoms with Crippen LogP contribution in [0.25, 0.3) is 0 Å². The Labute approximate surface area is 180 Å². The van der Waals surface area contributed by atoms with Crippen LogP contribution in [0.3, 0.4) is 0 Å². The highest BCUT2D eigenvalue weighted by atomic mass is 16.2. The minimum absolute atomic E-state index is 0.153. The van der Waals surface area contributed by atoms with E-state index in [0.717, 1.165) is 24.1 Å². The molecule has 0 aliphatic carbocycles. The molecule has 156 valence electrons. The van der Waals surface area contributed by atoms with E-state index in [1.54, 1.807) is 0 Å². The molecule has 3 nitrogen and oxygen atoms in total. The molecule has 3 aromatic carbocycles. The van der Waals surface area contributed by atoms with Crippen molar-refractivity contribution in [1.29, 1.82) is 0 Å². The number of carbonyl (C=O) groups excluding carboxylic acids is 1. The Balaban J connectivity index is 1.57. The molecule has 0 heterocycles. The molecular formula is C27H32N2O. The third-order valence-corrected chi connectivity index (χ3v) is 5.48. The van der Waals surface area contributed by atoms with E-state index in [1.165, 1.54) is 29.5 Å². The SMILES string of the molecule is CCCCc1ccc(NC(=O)NCCC(c2ccccc2)c2ccccc2)c(C)c1. The van der Waals surface area contributed by atoms with Gasteiger partial charge in [-0.25, -0.2) is 4.79 Å². The molecule has 2 N–H and O–H groups in total. The number of hydrogen-bond donors (Lipinski definition) is 2. The van der Waals surface area contributed by atoms with Gasteiger partial charge < -0.3 is 10.6 Å². The van der Waals surface area contributed by atoms with Gasteiger partial charge >= 0.3 is 6.03 Å². The van der Waals surface area contributed by atoms with Crippen molar-refractivity contribution in [2.45, 2.75) is 45.4 Å². The number of carbonyl (C=O) groups is 1. The fraction of sp³-hybridized carbons (Fsp3) is 0.296. The van der Waals surface area contributed by atoms with Gasteiger partial charge in [0.15, 0.2) is 0 Å². The van der Waals surface area contributed by atoms with Crippen LogP contribution in [-0.2, 0) is 6.42 Å². The summed E-state index contributed by atoms with van der Waals surface area (Å²) in [6, 6.07) is 27.1. The standard InChI is InChI=1S/C27H32N2O/c1-3-4-11-22-16-17-26(21(2)20-22)29-27(30)28-19-18-25(23-12-7-5-8-13-23)24-14-9-6-10-15-24/h5-10,12-17,20,25H,3-4,11,18-19H2,1-2H3,(H2,28,29,30). The highest BCUT2D eigenvalue weighted by Crippen LogP contribution is 2.27. The van der Waals surface area contributed by atoms with E-state index in [9.17, 15) is 4.79 Å². The first-order valence-corrected chi connectivity index (χ1v) is 10.9. The number of hydrogen-bond acceptors (Lipinski definition) is 1. The number of anilines is 1. The normalized spacial score (nSPS) is 10.8. The molecule has 0 saturated heterocycles. The lowest BCUT2D eigenvalue weighted by Crippen LogP contribution is -2.30. The first-order valence-electron chi connectivity index (χ1n) is 10.9. The van der Waals surface area contributed by atoms with Crippen LogP contribution in [0.4, 0.5) is 10.5 Å². The number of benzene rings is 3. The fourth-order valence-electron chi connectivity index (χ4n) is 3.80. The van der Waals surface area contributed by atoms with Crippen molar-refractivity contribution in [2.75, 3.05) is 11.9 Å². The maximum Gasteiger partial charge on any atom is 0.319 e. The smallest absolute Gasteiger partial charge is 0.319 e. The zero-order chi connectivity index (χ0) is 21.2. The first kappa shape index (κ1) is 21.6. The van der Waals surface area contributed by atoms with Crippen molar-refractivity contribution in [3.05, 3.63) is 101 Å². The fourth-order valence-corrected chi connectivity index (χ4v) is 3.80. The van der Waals surface area contributed by atoms with Crippen LogP contribution in [0.1, 0.15) is 54.4 Å². The summed E-state index contributed by atoms with van der Waals surface area (Å²) in [5.41, 5.74) is 5.84. The molecule has 0 saturated carbocycles. The van der Waals surface area contributed by atoms with Crippen molar-refractivity contribution in [3.8, 4) is 0 Å². The molecule has 30 heavy (non-hydrogen) atoms. The molecule has 0 atom stereocenters. The zero-order valence-electron chi connectivity index (χ0n) is 18.0. The van der Waals surface area contributed by atoms with E-state index < -0.39 is 0 Å². The van der Waals surface area contributed by atoms with Gasteiger partial charge in [0.25, 0.3) is 0 Å². The predicted octanol–water partition coefficient (Wildman–Crippen LogP) is 6.68. The van der Waals surface area contributed by atoms with Crippen LogP contribution in [0, 0.1) is 6.92 Å². The van der Waals surface area contributed by atoms with E-state index in [1.807, 2.05) is 25.1 Å². The number of urea groups is 1. The number of unbranched alkanes of at least 4 members (excludes halogenated alkanes) is 1. The molecule has 0 radical (unpaired) electrons. The van der Waals surface area contributed by atoms with E-state index in [0.29, 0.717) is 6.54 Å². The van der Waals surface area contributed by atoms with Crippen LogP contribution < -0.4 is 10.6 Å². The summed E-state index contributed by atoms with van der Waals surface area (Å²) in [5.74, 6) is 0.257. The van der Waals surface area contributed by atoms with E-state index in [-0.39, 0.29) is 11.9 Å². The Morgan fingerprint density at radius 3 is 2.10 bits per heavy atom. The average Bonchev–Trinajstić information content (AvgIpc) is 2.78. The third kappa shape index (κ3) is 6.21. The maximum atomic E-state index is 12.5. The molecule has 0 aliphatic rings. The topological polar surface area (TPSA) is 41.1 Å². The van der Waals surface area contributed by atoms with Crippen LogP contribution in [0.5, 0.6) is 0 Å². The van der Waals surface area contributed by atoms with Crippen molar-refractivity contribution in [2.24, 2.45) is 0 Å². The molecule has 0 bridgehead atoms. The second-order valence-corrected chi connectivity index (χ2v) is 7.80. The second kappa shape index (κ2) is 11.2. The minimum Gasteiger partial charge on any atom is -0.338 e. The molecule has 0 aliphatic heterocycles. The predicted molar refractivity (Wildman–Crippen MR) is 126 cm³/mol. The van der Waals surface area contributed by atoms with Gasteiger partial charge in [-0.15, -0.1) is 0 Å². The van der Waals surface area contributed by atoms with Gasteiger partial charge in [-0.05, 0) is 54.5 Å². The molecule has 2 amide bonds. The Hall–Kier alpha value is -3.07. The summed E-state index contributed by atoms with van der Waals surface area (Å²) in [5, 5.41) is 6.02. The van der Waals surface area contributed by atoms with Crippen molar-refractivity contribution >= 4 is 11.7 Å². The summed E-state index contributed by atoms with van der Waals surface area (Å²) in [6.07, 6.45) is 4.31. The molecule has 0 fully saturated rings. The molecular weight excluding hydrogens is 368 g/mol. The van der Waals surface area contributed by atoms with Crippen LogP contribution in [0.15, 0.2) is 78.9 Å². The Kier molecular flexibility index (Phi) is 8.08.